The van der Waals surface area contributed by atoms with Gasteiger partial charge in [-0.3, -0.25) is 0 Å². The number of carbonyl (C=O) groups is 1. The molecule has 0 saturated carbocycles. The molecule has 0 fully saturated rings. The minimum atomic E-state index is -0.544. The number of aliphatic hydroxyl groups excluding tert-OH is 1. The van der Waals surface area contributed by atoms with Gasteiger partial charge in [0.2, 0.25) is 0 Å². The van der Waals surface area contributed by atoms with Crippen molar-refractivity contribution in [2.24, 2.45) is 11.0 Å². The molecule has 178 valence electrons. The Morgan fingerprint density at radius 3 is 2.70 bits per heavy atom. The number of halogens is 2. The molecule has 0 aliphatic carbocycles. The molecule has 0 bridgehead atoms. The monoisotopic (exact) mass is 553 g/mol. The molecule has 1 amide bonds. The number of benzene rings is 2. The molecule has 1 aliphatic rings. The van der Waals surface area contributed by atoms with Gasteiger partial charge in [-0.2, -0.15) is 0 Å². The second-order valence-corrected chi connectivity index (χ2v) is 14.2. The second kappa shape index (κ2) is 11.6. The zero-order valence-electron chi connectivity index (χ0n) is 19.0. The van der Waals surface area contributed by atoms with Gasteiger partial charge in [0, 0.05) is 0 Å². The fraction of sp³-hybridized carbons (Fsp3) is 0.417. The molecule has 33 heavy (non-hydrogen) atoms. The Balaban J connectivity index is 1.44. The number of ether oxygens (including phenoxy) is 1. The van der Waals surface area contributed by atoms with Gasteiger partial charge in [0.15, 0.2) is 0 Å². The Bertz CT molecular complexity index is 999. The number of anilines is 1. The molecule has 0 aromatic heterocycles. The van der Waals surface area contributed by atoms with Crippen LogP contribution in [0.5, 0.6) is 5.75 Å². The van der Waals surface area contributed by atoms with Crippen molar-refractivity contribution < 1.29 is 14.6 Å². The van der Waals surface area contributed by atoms with Gasteiger partial charge in [-0.25, -0.2) is 0 Å². The summed E-state index contributed by atoms with van der Waals surface area (Å²) in [6.07, 6.45) is -0.0856. The quantitative estimate of drug-likeness (QED) is 0.370. The van der Waals surface area contributed by atoms with Crippen LogP contribution in [-0.2, 0) is 4.79 Å². The van der Waals surface area contributed by atoms with E-state index in [1.807, 2.05) is 31.2 Å². The standard InChI is InChI=1S/C24H30AsCl2N3O3/c1-15-10-22(32)29-30-23(15)16-4-7-18(8-5-16)28-14-24(2,3)25-12-19(31)13-33-21-11-17(26)6-9-20(21)27/h4-9,11,15,19,25,28,31H,10,12-14H2,1-3H3,(H,29,32). The molecule has 0 spiro atoms. The summed E-state index contributed by atoms with van der Waals surface area (Å²) in [4.78, 5) is 11.4. The summed E-state index contributed by atoms with van der Waals surface area (Å²) in [5.41, 5.74) is 5.52. The second-order valence-electron chi connectivity index (χ2n) is 8.87. The maximum absolute atomic E-state index is 11.4. The summed E-state index contributed by atoms with van der Waals surface area (Å²) in [6.45, 7) is 7.46. The van der Waals surface area contributed by atoms with E-state index in [1.54, 1.807) is 18.2 Å². The van der Waals surface area contributed by atoms with Crippen molar-refractivity contribution in [1.29, 1.82) is 0 Å². The van der Waals surface area contributed by atoms with Crippen molar-refractivity contribution in [2.45, 2.75) is 42.7 Å². The molecule has 2 aromatic carbocycles. The average Bonchev–Trinajstić information content (AvgIpc) is 2.77. The van der Waals surface area contributed by atoms with Crippen LogP contribution in [0.25, 0.3) is 0 Å². The van der Waals surface area contributed by atoms with Crippen molar-refractivity contribution >= 4 is 56.3 Å². The first-order chi connectivity index (χ1) is 15.6. The molecular formula is C24H30AsCl2N3O3. The number of carbonyl (C=O) groups excluding carboxylic acids is 1. The van der Waals surface area contributed by atoms with Gasteiger partial charge in [-0.05, 0) is 0 Å². The Kier molecular flexibility index (Phi) is 9.11. The first-order valence-electron chi connectivity index (χ1n) is 10.8. The summed E-state index contributed by atoms with van der Waals surface area (Å²) >= 11 is 11.6. The molecule has 0 radical (unpaired) electrons. The molecule has 3 N–H and O–H groups in total. The van der Waals surface area contributed by atoms with E-state index in [1.165, 1.54) is 0 Å². The van der Waals surface area contributed by atoms with E-state index in [-0.39, 0.29) is 22.6 Å². The normalized spacial score (nSPS) is 17.6. The molecule has 1 heterocycles. The number of nitrogens with zero attached hydrogens (tertiary/aromatic N) is 1. The summed E-state index contributed by atoms with van der Waals surface area (Å²) < 4.78 is 5.75. The van der Waals surface area contributed by atoms with Gasteiger partial charge >= 0.3 is 212 Å². The van der Waals surface area contributed by atoms with E-state index in [9.17, 15) is 9.90 Å². The van der Waals surface area contributed by atoms with E-state index < -0.39 is 21.9 Å². The van der Waals surface area contributed by atoms with E-state index in [2.05, 4.69) is 29.7 Å². The Morgan fingerprint density at radius 1 is 1.27 bits per heavy atom. The number of hydrogen-bond acceptors (Lipinski definition) is 5. The first-order valence-corrected chi connectivity index (χ1v) is 14.1. The van der Waals surface area contributed by atoms with Crippen LogP contribution in [0.3, 0.4) is 0 Å². The van der Waals surface area contributed by atoms with Crippen LogP contribution >= 0.6 is 23.2 Å². The molecular weight excluding hydrogens is 524 g/mol. The third-order valence-electron chi connectivity index (χ3n) is 5.32. The van der Waals surface area contributed by atoms with Crippen LogP contribution in [0.15, 0.2) is 47.6 Å². The summed E-state index contributed by atoms with van der Waals surface area (Å²) in [5.74, 6) is 0.552. The van der Waals surface area contributed by atoms with E-state index in [4.69, 9.17) is 27.9 Å². The molecule has 2 aromatic rings. The maximum atomic E-state index is 11.4. The van der Waals surface area contributed by atoms with Crippen molar-refractivity contribution in [3.8, 4) is 5.75 Å². The van der Waals surface area contributed by atoms with Crippen LogP contribution in [-0.4, -0.2) is 51.7 Å². The summed E-state index contributed by atoms with van der Waals surface area (Å²) in [6, 6.07) is 13.2. The molecule has 0 saturated heterocycles. The zero-order valence-corrected chi connectivity index (χ0v) is 22.6. The number of hydrazone groups is 1. The minimum absolute atomic E-state index is 0.0412. The van der Waals surface area contributed by atoms with Crippen LogP contribution in [0.2, 0.25) is 19.5 Å². The summed E-state index contributed by atoms with van der Waals surface area (Å²) in [5, 5.41) is 19.9. The van der Waals surface area contributed by atoms with E-state index >= 15 is 0 Å². The van der Waals surface area contributed by atoms with Crippen LogP contribution in [0.1, 0.15) is 32.8 Å². The van der Waals surface area contributed by atoms with Crippen molar-refractivity contribution in [1.82, 2.24) is 5.43 Å². The molecule has 1 aliphatic heterocycles. The van der Waals surface area contributed by atoms with Crippen LogP contribution < -0.4 is 15.5 Å². The third kappa shape index (κ3) is 7.92. The predicted octanol–water partition coefficient (Wildman–Crippen LogP) is 4.76. The summed E-state index contributed by atoms with van der Waals surface area (Å²) in [7, 11) is 0. The van der Waals surface area contributed by atoms with Crippen molar-refractivity contribution in [2.75, 3.05) is 18.5 Å². The molecule has 3 atom stereocenters. The van der Waals surface area contributed by atoms with Gasteiger partial charge in [-0.1, -0.05) is 0 Å². The number of rotatable bonds is 10. The number of hydrogen-bond donors (Lipinski definition) is 3. The van der Waals surface area contributed by atoms with Gasteiger partial charge in [0.05, 0.1) is 0 Å². The zero-order chi connectivity index (χ0) is 24.0. The SMILES string of the molecule is CC1CC(=O)NN=C1c1ccc(NCC(C)(C)[AsH]CC(O)COc2cc(Cl)ccc2Cl)cc1. The number of nitrogens with one attached hydrogen (secondary N) is 2. The first kappa shape index (κ1) is 25.9. The fourth-order valence-corrected chi connectivity index (χ4v) is 6.06. The van der Waals surface area contributed by atoms with Crippen molar-refractivity contribution in [3.63, 3.8) is 0 Å². The van der Waals surface area contributed by atoms with Crippen molar-refractivity contribution in [3.05, 3.63) is 58.1 Å². The van der Waals surface area contributed by atoms with Crippen LogP contribution in [0.4, 0.5) is 5.69 Å². The Hall–Kier alpha value is -1.72. The van der Waals surface area contributed by atoms with Gasteiger partial charge in [-0.15, -0.1) is 0 Å². The molecule has 6 nitrogen and oxygen atoms in total. The number of aliphatic hydroxyl groups is 1. The van der Waals surface area contributed by atoms with Gasteiger partial charge in [0.25, 0.3) is 0 Å². The van der Waals surface area contributed by atoms with E-state index in [0.29, 0.717) is 22.2 Å². The third-order valence-corrected chi connectivity index (χ3v) is 9.66. The Morgan fingerprint density at radius 2 is 2.00 bits per heavy atom. The topological polar surface area (TPSA) is 83.0 Å². The Labute approximate surface area is 211 Å². The fourth-order valence-electron chi connectivity index (χ4n) is 3.37. The van der Waals surface area contributed by atoms with E-state index in [0.717, 1.165) is 28.7 Å². The molecule has 3 unspecified atom stereocenters. The van der Waals surface area contributed by atoms with Crippen LogP contribution in [0, 0.1) is 5.92 Å². The average molecular weight is 554 g/mol. The predicted molar refractivity (Wildman–Crippen MR) is 137 cm³/mol. The molecule has 3 rings (SSSR count). The molecule has 9 heteroatoms. The van der Waals surface area contributed by atoms with Gasteiger partial charge < -0.3 is 0 Å². The number of amides is 1. The van der Waals surface area contributed by atoms with Gasteiger partial charge in [0.1, 0.15) is 0 Å².